The summed E-state index contributed by atoms with van der Waals surface area (Å²) in [6.45, 7) is 7.68. The summed E-state index contributed by atoms with van der Waals surface area (Å²) in [5.74, 6) is 3.07. The highest BCUT2D eigenvalue weighted by Gasteiger charge is 2.15. The molecule has 7 heteroatoms. The van der Waals surface area contributed by atoms with Gasteiger partial charge in [-0.2, -0.15) is 0 Å². The van der Waals surface area contributed by atoms with Crippen LogP contribution in [-0.2, 0) is 17.8 Å². The molecule has 2 aromatic rings. The lowest BCUT2D eigenvalue weighted by molar-refractivity contribution is 0.0945. The highest BCUT2D eigenvalue weighted by atomic mass is 16.5. The molecule has 176 valence electrons. The molecular weight excluding hydrogens is 406 g/mol. The van der Waals surface area contributed by atoms with Crippen molar-refractivity contribution in [1.29, 1.82) is 0 Å². The molecule has 2 aromatic carbocycles. The van der Waals surface area contributed by atoms with Crippen LogP contribution in [-0.4, -0.2) is 53.5 Å². The van der Waals surface area contributed by atoms with Gasteiger partial charge in [0.15, 0.2) is 17.5 Å². The quantitative estimate of drug-likeness (QED) is 0.364. The molecule has 1 unspecified atom stereocenters. The van der Waals surface area contributed by atoms with E-state index in [1.165, 1.54) is 5.56 Å². The third kappa shape index (κ3) is 7.96. The van der Waals surface area contributed by atoms with E-state index in [9.17, 15) is 0 Å². The van der Waals surface area contributed by atoms with E-state index in [4.69, 9.17) is 23.9 Å². The highest BCUT2D eigenvalue weighted by molar-refractivity contribution is 5.79. The number of hydrogen-bond donors (Lipinski definition) is 2. The SMILES string of the molecule is CCNC(=NCC(C)COCc1ccccc1)NCCc1ccc(OC)c(OC)c1OC. The lowest BCUT2D eigenvalue weighted by Gasteiger charge is -2.17. The van der Waals surface area contributed by atoms with Crippen molar-refractivity contribution in [3.63, 3.8) is 0 Å². The molecule has 0 heterocycles. The maximum Gasteiger partial charge on any atom is 0.203 e. The zero-order valence-electron chi connectivity index (χ0n) is 19.9. The minimum atomic E-state index is 0.320. The zero-order valence-corrected chi connectivity index (χ0v) is 19.9. The van der Waals surface area contributed by atoms with Crippen LogP contribution in [0.3, 0.4) is 0 Å². The van der Waals surface area contributed by atoms with Crippen molar-refractivity contribution in [3.05, 3.63) is 53.6 Å². The van der Waals surface area contributed by atoms with E-state index >= 15 is 0 Å². The van der Waals surface area contributed by atoms with E-state index in [-0.39, 0.29) is 0 Å². The standard InChI is InChI=1S/C25H37N3O4/c1-6-26-25(28-16-19(2)17-32-18-20-10-8-7-9-11-20)27-15-14-21-12-13-22(29-3)24(31-5)23(21)30-4/h7-13,19H,6,14-18H2,1-5H3,(H2,26,27,28). The molecule has 0 amide bonds. The summed E-state index contributed by atoms with van der Waals surface area (Å²) in [6, 6.07) is 14.1. The number of nitrogens with zero attached hydrogens (tertiary/aromatic N) is 1. The summed E-state index contributed by atoms with van der Waals surface area (Å²) in [6.07, 6.45) is 0.754. The van der Waals surface area contributed by atoms with Crippen LogP contribution in [0.25, 0.3) is 0 Å². The largest absolute Gasteiger partial charge is 0.493 e. The molecule has 2 rings (SSSR count). The maximum absolute atomic E-state index is 5.83. The maximum atomic E-state index is 5.83. The monoisotopic (exact) mass is 443 g/mol. The first kappa shape index (κ1) is 25.3. The fraction of sp³-hybridized carbons (Fsp3) is 0.480. The second-order valence-electron chi connectivity index (χ2n) is 7.50. The van der Waals surface area contributed by atoms with Gasteiger partial charge in [-0.05, 0) is 30.9 Å². The van der Waals surface area contributed by atoms with E-state index in [0.717, 1.165) is 24.5 Å². The third-order valence-corrected chi connectivity index (χ3v) is 4.89. The minimum Gasteiger partial charge on any atom is -0.493 e. The van der Waals surface area contributed by atoms with Gasteiger partial charge in [0.1, 0.15) is 0 Å². The van der Waals surface area contributed by atoms with Gasteiger partial charge in [-0.1, -0.05) is 43.3 Å². The Morgan fingerprint density at radius 3 is 2.34 bits per heavy atom. The molecule has 0 aromatic heterocycles. The van der Waals surface area contributed by atoms with Crippen LogP contribution in [0.4, 0.5) is 0 Å². The molecule has 0 bridgehead atoms. The Bertz CT molecular complexity index is 827. The molecule has 0 spiro atoms. The van der Waals surface area contributed by atoms with Crippen molar-refractivity contribution in [1.82, 2.24) is 10.6 Å². The van der Waals surface area contributed by atoms with Gasteiger partial charge in [-0.25, -0.2) is 0 Å². The van der Waals surface area contributed by atoms with Crippen molar-refractivity contribution in [2.24, 2.45) is 10.9 Å². The second kappa shape index (κ2) is 14.2. The highest BCUT2D eigenvalue weighted by Crippen LogP contribution is 2.39. The van der Waals surface area contributed by atoms with Gasteiger partial charge >= 0.3 is 0 Å². The fourth-order valence-electron chi connectivity index (χ4n) is 3.27. The van der Waals surface area contributed by atoms with Crippen molar-refractivity contribution in [2.45, 2.75) is 26.9 Å². The van der Waals surface area contributed by atoms with Crippen LogP contribution in [0.2, 0.25) is 0 Å². The first-order chi connectivity index (χ1) is 15.6. The van der Waals surface area contributed by atoms with Crippen molar-refractivity contribution < 1.29 is 18.9 Å². The Labute approximate surface area is 192 Å². The zero-order chi connectivity index (χ0) is 23.2. The van der Waals surface area contributed by atoms with Crippen LogP contribution in [0.1, 0.15) is 25.0 Å². The van der Waals surface area contributed by atoms with Crippen LogP contribution in [0, 0.1) is 5.92 Å². The van der Waals surface area contributed by atoms with Gasteiger partial charge in [-0.15, -0.1) is 0 Å². The lowest BCUT2D eigenvalue weighted by Crippen LogP contribution is -2.38. The molecule has 2 N–H and O–H groups in total. The smallest absolute Gasteiger partial charge is 0.203 e. The van der Waals surface area contributed by atoms with Crippen LogP contribution in [0.15, 0.2) is 47.5 Å². The number of guanidine groups is 1. The van der Waals surface area contributed by atoms with Gasteiger partial charge in [0, 0.05) is 25.2 Å². The predicted octanol–water partition coefficient (Wildman–Crippen LogP) is 3.66. The Morgan fingerprint density at radius 1 is 0.938 bits per heavy atom. The van der Waals surface area contributed by atoms with Crippen molar-refractivity contribution in [3.8, 4) is 17.2 Å². The summed E-state index contributed by atoms with van der Waals surface area (Å²) >= 11 is 0. The number of hydrogen-bond acceptors (Lipinski definition) is 5. The van der Waals surface area contributed by atoms with E-state index in [2.05, 4.69) is 36.6 Å². The fourth-order valence-corrected chi connectivity index (χ4v) is 3.27. The number of benzene rings is 2. The Kier molecular flexibility index (Phi) is 11.2. The Morgan fingerprint density at radius 2 is 1.69 bits per heavy atom. The van der Waals surface area contributed by atoms with Gasteiger partial charge in [-0.3, -0.25) is 4.99 Å². The number of nitrogens with one attached hydrogen (secondary N) is 2. The van der Waals surface area contributed by atoms with Gasteiger partial charge < -0.3 is 29.6 Å². The van der Waals surface area contributed by atoms with Crippen molar-refractivity contribution in [2.75, 3.05) is 47.6 Å². The number of rotatable bonds is 13. The van der Waals surface area contributed by atoms with Gasteiger partial charge in [0.05, 0.1) is 34.5 Å². The number of methoxy groups -OCH3 is 3. The van der Waals surface area contributed by atoms with E-state index in [0.29, 0.717) is 49.5 Å². The molecule has 1 atom stereocenters. The Balaban J connectivity index is 1.85. The van der Waals surface area contributed by atoms with Crippen LogP contribution in [0.5, 0.6) is 17.2 Å². The molecule has 7 nitrogen and oxygen atoms in total. The van der Waals surface area contributed by atoms with Crippen LogP contribution >= 0.6 is 0 Å². The number of aliphatic imine (C=N–C) groups is 1. The summed E-state index contributed by atoms with van der Waals surface area (Å²) in [5.41, 5.74) is 2.22. The summed E-state index contributed by atoms with van der Waals surface area (Å²) in [5, 5.41) is 6.69. The summed E-state index contributed by atoms with van der Waals surface area (Å²) in [7, 11) is 4.87. The average molecular weight is 444 g/mol. The Hall–Kier alpha value is -2.93. The molecule has 0 radical (unpaired) electrons. The molecule has 32 heavy (non-hydrogen) atoms. The molecule has 0 saturated carbocycles. The second-order valence-corrected chi connectivity index (χ2v) is 7.50. The first-order valence-corrected chi connectivity index (χ1v) is 11.0. The normalized spacial score (nSPS) is 12.2. The molecule has 0 saturated heterocycles. The van der Waals surface area contributed by atoms with Gasteiger partial charge in [0.25, 0.3) is 0 Å². The summed E-state index contributed by atoms with van der Waals surface area (Å²) < 4.78 is 22.2. The molecule has 0 fully saturated rings. The molecule has 0 aliphatic carbocycles. The molecule has 0 aliphatic heterocycles. The summed E-state index contributed by atoms with van der Waals surface area (Å²) in [4.78, 5) is 4.71. The third-order valence-electron chi connectivity index (χ3n) is 4.89. The number of ether oxygens (including phenoxy) is 4. The van der Waals surface area contributed by atoms with Crippen molar-refractivity contribution >= 4 is 5.96 Å². The average Bonchev–Trinajstić information content (AvgIpc) is 2.82. The van der Waals surface area contributed by atoms with Gasteiger partial charge in [0.2, 0.25) is 5.75 Å². The minimum absolute atomic E-state index is 0.320. The van der Waals surface area contributed by atoms with E-state index < -0.39 is 0 Å². The van der Waals surface area contributed by atoms with E-state index in [1.807, 2.05) is 30.3 Å². The lowest BCUT2D eigenvalue weighted by atomic mass is 10.1. The predicted molar refractivity (Wildman–Crippen MR) is 129 cm³/mol. The topological polar surface area (TPSA) is 73.3 Å². The first-order valence-electron chi connectivity index (χ1n) is 11.0. The van der Waals surface area contributed by atoms with E-state index in [1.54, 1.807) is 21.3 Å². The molecular formula is C25H37N3O4. The van der Waals surface area contributed by atoms with Crippen LogP contribution < -0.4 is 24.8 Å². The molecule has 0 aliphatic rings.